The Balaban J connectivity index is 1.56. The van der Waals surface area contributed by atoms with Crippen molar-refractivity contribution in [1.29, 1.82) is 0 Å². The highest BCUT2D eigenvalue weighted by Gasteiger charge is 2.23. The maximum absolute atomic E-state index is 13.3. The summed E-state index contributed by atoms with van der Waals surface area (Å²) in [6.45, 7) is 1.60. The second kappa shape index (κ2) is 7.00. The van der Waals surface area contributed by atoms with Crippen molar-refractivity contribution in [3.05, 3.63) is 46.4 Å². The molecule has 6 heteroatoms. The molecule has 1 aliphatic rings. The third kappa shape index (κ3) is 3.64. The van der Waals surface area contributed by atoms with Gasteiger partial charge in [0.05, 0.1) is 7.11 Å². The molecule has 23 heavy (non-hydrogen) atoms. The minimum Gasteiger partial charge on any atom is -0.495 e. The first-order valence-corrected chi connectivity index (χ1v) is 8.48. The predicted molar refractivity (Wildman–Crippen MR) is 90.0 cm³/mol. The summed E-state index contributed by atoms with van der Waals surface area (Å²) in [4.78, 5) is 15.1. The van der Waals surface area contributed by atoms with Gasteiger partial charge in [0, 0.05) is 24.8 Å². The highest BCUT2D eigenvalue weighted by molar-refractivity contribution is 7.12. The normalized spacial score (nSPS) is 15.5. The summed E-state index contributed by atoms with van der Waals surface area (Å²) in [5, 5.41) is 4.92. The Kier molecular flexibility index (Phi) is 4.81. The smallest absolute Gasteiger partial charge is 0.265 e. The maximum atomic E-state index is 13.3. The summed E-state index contributed by atoms with van der Waals surface area (Å²) in [6.07, 6.45) is 1.69. The van der Waals surface area contributed by atoms with Crippen molar-refractivity contribution in [3.63, 3.8) is 0 Å². The van der Waals surface area contributed by atoms with Crippen LogP contribution in [0.5, 0.6) is 5.75 Å². The van der Waals surface area contributed by atoms with Gasteiger partial charge in [-0.25, -0.2) is 4.39 Å². The van der Waals surface area contributed by atoms with Gasteiger partial charge in [-0.05, 0) is 42.5 Å². The minimum atomic E-state index is -0.220. The zero-order chi connectivity index (χ0) is 16.2. The maximum Gasteiger partial charge on any atom is 0.265 e. The molecule has 0 radical (unpaired) electrons. The monoisotopic (exact) mass is 334 g/mol. The average molecular weight is 334 g/mol. The third-order valence-electron chi connectivity index (χ3n) is 4.06. The zero-order valence-corrected chi connectivity index (χ0v) is 13.7. The number of benzene rings is 1. The summed E-state index contributed by atoms with van der Waals surface area (Å²) in [7, 11) is 1.57. The van der Waals surface area contributed by atoms with Gasteiger partial charge < -0.3 is 15.0 Å². The molecule has 1 amide bonds. The van der Waals surface area contributed by atoms with E-state index in [-0.39, 0.29) is 17.8 Å². The third-order valence-corrected chi connectivity index (χ3v) is 4.95. The molecule has 4 nitrogen and oxygen atoms in total. The van der Waals surface area contributed by atoms with E-state index in [0.717, 1.165) is 31.6 Å². The Morgan fingerprint density at radius 1 is 1.35 bits per heavy atom. The SMILES string of the molecule is COc1ccsc1C(=O)NC1CCN(c2cccc(F)c2)CC1. The van der Waals surface area contributed by atoms with Crippen molar-refractivity contribution in [2.45, 2.75) is 18.9 Å². The standard InChI is InChI=1S/C17H19FN2O2S/c1-22-15-7-10-23-16(15)17(21)19-13-5-8-20(9-6-13)14-4-2-3-12(18)11-14/h2-4,7,10-11,13H,5-6,8-9H2,1H3,(H,19,21). The summed E-state index contributed by atoms with van der Waals surface area (Å²) in [5.74, 6) is 0.313. The molecular weight excluding hydrogens is 315 g/mol. The van der Waals surface area contributed by atoms with E-state index in [4.69, 9.17) is 4.74 Å². The first-order chi connectivity index (χ1) is 11.2. The number of methoxy groups -OCH3 is 1. The number of carbonyl (C=O) groups is 1. The molecule has 1 aromatic carbocycles. The van der Waals surface area contributed by atoms with E-state index in [9.17, 15) is 9.18 Å². The lowest BCUT2D eigenvalue weighted by Crippen LogP contribution is -2.44. The van der Waals surface area contributed by atoms with Crippen molar-refractivity contribution >= 4 is 22.9 Å². The lowest BCUT2D eigenvalue weighted by Gasteiger charge is -2.34. The highest BCUT2D eigenvalue weighted by Crippen LogP contribution is 2.25. The second-order valence-corrected chi connectivity index (χ2v) is 6.45. The molecule has 1 N–H and O–H groups in total. The van der Waals surface area contributed by atoms with E-state index >= 15 is 0 Å². The van der Waals surface area contributed by atoms with Gasteiger partial charge in [-0.2, -0.15) is 0 Å². The predicted octanol–water partition coefficient (Wildman–Crippen LogP) is 3.29. The van der Waals surface area contributed by atoms with Crippen molar-refractivity contribution in [3.8, 4) is 5.75 Å². The first-order valence-electron chi connectivity index (χ1n) is 7.60. The highest BCUT2D eigenvalue weighted by atomic mass is 32.1. The van der Waals surface area contributed by atoms with E-state index < -0.39 is 0 Å². The lowest BCUT2D eigenvalue weighted by molar-refractivity contribution is 0.0932. The Bertz CT molecular complexity index is 681. The molecule has 0 bridgehead atoms. The summed E-state index contributed by atoms with van der Waals surface area (Å²) in [6, 6.07) is 8.58. The second-order valence-electron chi connectivity index (χ2n) is 5.53. The number of ether oxygens (including phenoxy) is 1. The van der Waals surface area contributed by atoms with Gasteiger partial charge in [-0.15, -0.1) is 11.3 Å². The Morgan fingerprint density at radius 2 is 2.13 bits per heavy atom. The fraction of sp³-hybridized carbons (Fsp3) is 0.353. The van der Waals surface area contributed by atoms with E-state index in [2.05, 4.69) is 10.2 Å². The van der Waals surface area contributed by atoms with Crippen LogP contribution in [0.3, 0.4) is 0 Å². The molecule has 1 saturated heterocycles. The molecule has 0 unspecified atom stereocenters. The van der Waals surface area contributed by atoms with Gasteiger partial charge in [0.15, 0.2) is 0 Å². The Morgan fingerprint density at radius 3 is 2.83 bits per heavy atom. The van der Waals surface area contributed by atoms with Crippen LogP contribution in [0.2, 0.25) is 0 Å². The van der Waals surface area contributed by atoms with E-state index in [1.54, 1.807) is 25.3 Å². The molecule has 1 fully saturated rings. The van der Waals surface area contributed by atoms with Gasteiger partial charge >= 0.3 is 0 Å². The first kappa shape index (κ1) is 15.8. The van der Waals surface area contributed by atoms with Gasteiger partial charge in [-0.3, -0.25) is 4.79 Å². The van der Waals surface area contributed by atoms with Gasteiger partial charge in [0.25, 0.3) is 5.91 Å². The topological polar surface area (TPSA) is 41.6 Å². The Labute approximate surface area is 138 Å². The fourth-order valence-corrected chi connectivity index (χ4v) is 3.59. The molecule has 2 heterocycles. The van der Waals surface area contributed by atoms with Gasteiger partial charge in [0.2, 0.25) is 0 Å². The van der Waals surface area contributed by atoms with Crippen LogP contribution in [-0.4, -0.2) is 32.1 Å². The molecule has 1 aliphatic heterocycles. The van der Waals surface area contributed by atoms with Crippen LogP contribution in [-0.2, 0) is 0 Å². The van der Waals surface area contributed by atoms with Crippen LogP contribution in [0.25, 0.3) is 0 Å². The van der Waals surface area contributed by atoms with Crippen LogP contribution in [0.1, 0.15) is 22.5 Å². The number of rotatable bonds is 4. The molecule has 0 spiro atoms. The molecule has 1 aromatic heterocycles. The summed E-state index contributed by atoms with van der Waals surface area (Å²) in [5.41, 5.74) is 0.898. The minimum absolute atomic E-state index is 0.0824. The Hall–Kier alpha value is -2.08. The fourth-order valence-electron chi connectivity index (χ4n) is 2.83. The van der Waals surface area contributed by atoms with Crippen LogP contribution < -0.4 is 15.0 Å². The van der Waals surface area contributed by atoms with E-state index in [0.29, 0.717) is 10.6 Å². The molecule has 2 aromatic rings. The van der Waals surface area contributed by atoms with Crippen molar-refractivity contribution in [1.82, 2.24) is 5.32 Å². The number of thiophene rings is 1. The van der Waals surface area contributed by atoms with Crippen molar-refractivity contribution < 1.29 is 13.9 Å². The quantitative estimate of drug-likeness (QED) is 0.933. The number of piperidine rings is 1. The number of amides is 1. The molecule has 0 aliphatic carbocycles. The summed E-state index contributed by atoms with van der Waals surface area (Å²) < 4.78 is 18.5. The van der Waals surface area contributed by atoms with Crippen LogP contribution in [0, 0.1) is 5.82 Å². The number of anilines is 1. The zero-order valence-electron chi connectivity index (χ0n) is 12.9. The van der Waals surface area contributed by atoms with Crippen LogP contribution in [0.4, 0.5) is 10.1 Å². The molecule has 3 rings (SSSR count). The van der Waals surface area contributed by atoms with E-state index in [1.165, 1.54) is 17.4 Å². The average Bonchev–Trinajstić information content (AvgIpc) is 3.04. The van der Waals surface area contributed by atoms with Gasteiger partial charge in [0.1, 0.15) is 16.4 Å². The van der Waals surface area contributed by atoms with Crippen LogP contribution in [0.15, 0.2) is 35.7 Å². The summed E-state index contributed by atoms with van der Waals surface area (Å²) >= 11 is 1.38. The number of nitrogens with one attached hydrogen (secondary N) is 1. The number of nitrogens with zero attached hydrogens (tertiary/aromatic N) is 1. The van der Waals surface area contributed by atoms with E-state index in [1.807, 2.05) is 11.4 Å². The molecule has 0 atom stereocenters. The van der Waals surface area contributed by atoms with Crippen molar-refractivity contribution in [2.75, 3.05) is 25.1 Å². The van der Waals surface area contributed by atoms with Crippen molar-refractivity contribution in [2.24, 2.45) is 0 Å². The van der Waals surface area contributed by atoms with Gasteiger partial charge in [-0.1, -0.05) is 6.07 Å². The molecule has 122 valence electrons. The number of halogens is 1. The lowest BCUT2D eigenvalue weighted by atomic mass is 10.0. The van der Waals surface area contributed by atoms with Crippen LogP contribution >= 0.6 is 11.3 Å². The number of carbonyl (C=O) groups excluding carboxylic acids is 1. The molecule has 0 saturated carbocycles. The number of hydrogen-bond donors (Lipinski definition) is 1. The largest absolute Gasteiger partial charge is 0.495 e. The number of hydrogen-bond acceptors (Lipinski definition) is 4. The molecular formula is C17H19FN2O2S.